The van der Waals surface area contributed by atoms with Crippen LogP contribution in [0.15, 0.2) is 23.2 Å². The lowest BCUT2D eigenvalue weighted by molar-refractivity contribution is 0.130. The number of benzene rings is 1. The van der Waals surface area contributed by atoms with Crippen molar-refractivity contribution in [2.45, 2.75) is 45.4 Å². The Labute approximate surface area is 138 Å². The van der Waals surface area contributed by atoms with Gasteiger partial charge in [-0.1, -0.05) is 19.8 Å². The van der Waals surface area contributed by atoms with E-state index in [0.717, 1.165) is 30.2 Å². The van der Waals surface area contributed by atoms with Gasteiger partial charge < -0.3 is 20.5 Å². The summed E-state index contributed by atoms with van der Waals surface area (Å²) in [6.07, 6.45) is 7.24. The minimum absolute atomic E-state index is 0.395. The largest absolute Gasteiger partial charge is 0.490 e. The van der Waals surface area contributed by atoms with Crippen LogP contribution in [0.4, 0.5) is 5.69 Å². The SMILES string of the molecule is CCCC1(CN=C(N)Nc2ccc3c(c2)OCCCO3)CCC1. The first kappa shape index (κ1) is 16.0. The molecule has 2 aliphatic rings. The fourth-order valence-corrected chi connectivity index (χ4v) is 3.38. The lowest BCUT2D eigenvalue weighted by Crippen LogP contribution is -2.34. The van der Waals surface area contributed by atoms with Crippen LogP contribution in [0.3, 0.4) is 0 Å². The summed E-state index contributed by atoms with van der Waals surface area (Å²) in [7, 11) is 0. The first-order valence-electron chi connectivity index (χ1n) is 8.67. The standard InChI is InChI=1S/C18H27N3O2/c1-2-7-18(8-3-9-18)13-20-17(19)21-14-5-6-15-16(12-14)23-11-4-10-22-15/h5-6,12H,2-4,7-11,13H2,1H3,(H3,19,20,21). The molecule has 0 atom stereocenters. The number of nitrogens with zero attached hydrogens (tertiary/aromatic N) is 1. The Kier molecular flexibility index (Phi) is 4.94. The average molecular weight is 317 g/mol. The van der Waals surface area contributed by atoms with Crippen LogP contribution < -0.4 is 20.5 Å². The van der Waals surface area contributed by atoms with Crippen molar-refractivity contribution in [1.29, 1.82) is 0 Å². The molecule has 1 aromatic carbocycles. The molecule has 1 aliphatic heterocycles. The van der Waals surface area contributed by atoms with Gasteiger partial charge in [0.25, 0.3) is 0 Å². The first-order valence-corrected chi connectivity index (χ1v) is 8.67. The van der Waals surface area contributed by atoms with Gasteiger partial charge in [-0.15, -0.1) is 0 Å². The Morgan fingerprint density at radius 1 is 1.22 bits per heavy atom. The van der Waals surface area contributed by atoms with Gasteiger partial charge in [0, 0.05) is 24.7 Å². The second kappa shape index (κ2) is 7.11. The van der Waals surface area contributed by atoms with Crippen molar-refractivity contribution in [3.05, 3.63) is 18.2 Å². The van der Waals surface area contributed by atoms with E-state index in [4.69, 9.17) is 15.2 Å². The van der Waals surface area contributed by atoms with Crippen molar-refractivity contribution in [1.82, 2.24) is 0 Å². The van der Waals surface area contributed by atoms with Crippen LogP contribution in [0.25, 0.3) is 0 Å². The minimum Gasteiger partial charge on any atom is -0.490 e. The zero-order valence-electron chi connectivity index (χ0n) is 13.9. The van der Waals surface area contributed by atoms with E-state index < -0.39 is 0 Å². The van der Waals surface area contributed by atoms with Gasteiger partial charge in [-0.2, -0.15) is 0 Å². The van der Waals surface area contributed by atoms with E-state index in [-0.39, 0.29) is 0 Å². The Balaban J connectivity index is 1.62. The summed E-state index contributed by atoms with van der Waals surface area (Å²) in [6.45, 7) is 4.44. The molecule has 1 aliphatic carbocycles. The molecule has 0 amide bonds. The van der Waals surface area contributed by atoms with Gasteiger partial charge in [0.2, 0.25) is 0 Å². The summed E-state index contributed by atoms with van der Waals surface area (Å²) in [6, 6.07) is 5.79. The van der Waals surface area contributed by atoms with Crippen molar-refractivity contribution >= 4 is 11.6 Å². The maximum absolute atomic E-state index is 6.06. The minimum atomic E-state index is 0.395. The molecule has 0 spiro atoms. The molecule has 1 heterocycles. The van der Waals surface area contributed by atoms with E-state index in [1.54, 1.807) is 0 Å². The van der Waals surface area contributed by atoms with Gasteiger partial charge in [-0.05, 0) is 36.8 Å². The Morgan fingerprint density at radius 2 is 2.00 bits per heavy atom. The number of anilines is 1. The van der Waals surface area contributed by atoms with E-state index in [9.17, 15) is 0 Å². The number of hydrogen-bond acceptors (Lipinski definition) is 3. The highest BCUT2D eigenvalue weighted by Gasteiger charge is 2.35. The summed E-state index contributed by atoms with van der Waals surface area (Å²) in [5, 5.41) is 3.17. The van der Waals surface area contributed by atoms with Gasteiger partial charge in [-0.3, -0.25) is 4.99 Å². The predicted octanol–water partition coefficient (Wildman–Crippen LogP) is 3.54. The Hall–Kier alpha value is -1.91. The number of nitrogens with two attached hydrogens (primary N) is 1. The summed E-state index contributed by atoms with van der Waals surface area (Å²) < 4.78 is 11.3. The molecule has 0 saturated heterocycles. The van der Waals surface area contributed by atoms with Gasteiger partial charge in [0.1, 0.15) is 0 Å². The number of nitrogens with one attached hydrogen (secondary N) is 1. The average Bonchev–Trinajstić information content (AvgIpc) is 2.74. The third-order valence-electron chi connectivity index (χ3n) is 4.80. The van der Waals surface area contributed by atoms with Crippen molar-refractivity contribution < 1.29 is 9.47 Å². The van der Waals surface area contributed by atoms with Crippen LogP contribution in [0.5, 0.6) is 11.5 Å². The van der Waals surface area contributed by atoms with Gasteiger partial charge in [0.15, 0.2) is 17.5 Å². The number of rotatable bonds is 5. The fourth-order valence-electron chi connectivity index (χ4n) is 3.38. The van der Waals surface area contributed by atoms with Gasteiger partial charge in [0.05, 0.1) is 13.2 Å². The summed E-state index contributed by atoms with van der Waals surface area (Å²) >= 11 is 0. The molecule has 1 fully saturated rings. The van der Waals surface area contributed by atoms with Gasteiger partial charge in [-0.25, -0.2) is 0 Å². The van der Waals surface area contributed by atoms with Crippen molar-refractivity contribution in [2.24, 2.45) is 16.1 Å². The van der Waals surface area contributed by atoms with Crippen LogP contribution in [-0.4, -0.2) is 25.7 Å². The molecule has 3 rings (SSSR count). The zero-order valence-corrected chi connectivity index (χ0v) is 13.9. The molecule has 5 heteroatoms. The highest BCUT2D eigenvalue weighted by atomic mass is 16.5. The fraction of sp³-hybridized carbons (Fsp3) is 0.611. The normalized spacial score (nSPS) is 19.6. The topological polar surface area (TPSA) is 68.9 Å². The Morgan fingerprint density at radius 3 is 2.70 bits per heavy atom. The van der Waals surface area contributed by atoms with Crippen LogP contribution >= 0.6 is 0 Å². The van der Waals surface area contributed by atoms with E-state index in [1.807, 2.05) is 18.2 Å². The number of ether oxygens (including phenoxy) is 2. The van der Waals surface area contributed by atoms with Crippen LogP contribution in [0.2, 0.25) is 0 Å². The van der Waals surface area contributed by atoms with Gasteiger partial charge >= 0.3 is 0 Å². The van der Waals surface area contributed by atoms with E-state index in [1.165, 1.54) is 32.1 Å². The highest BCUT2D eigenvalue weighted by Crippen LogP contribution is 2.45. The number of hydrogen-bond donors (Lipinski definition) is 2. The number of fused-ring (bicyclic) bond motifs is 1. The highest BCUT2D eigenvalue weighted by molar-refractivity contribution is 5.92. The lowest BCUT2D eigenvalue weighted by atomic mass is 9.66. The molecular formula is C18H27N3O2. The van der Waals surface area contributed by atoms with Crippen molar-refractivity contribution in [2.75, 3.05) is 25.1 Å². The second-order valence-corrected chi connectivity index (χ2v) is 6.64. The lowest BCUT2D eigenvalue weighted by Gasteiger charge is -2.40. The number of aliphatic imine (C=N–C) groups is 1. The molecule has 23 heavy (non-hydrogen) atoms. The predicted molar refractivity (Wildman–Crippen MR) is 93.4 cm³/mol. The van der Waals surface area contributed by atoms with Crippen LogP contribution in [0.1, 0.15) is 45.4 Å². The molecule has 0 bridgehead atoms. The summed E-state index contributed by atoms with van der Waals surface area (Å²) in [4.78, 5) is 4.57. The van der Waals surface area contributed by atoms with Crippen LogP contribution in [-0.2, 0) is 0 Å². The molecule has 0 aromatic heterocycles. The molecule has 1 saturated carbocycles. The third-order valence-corrected chi connectivity index (χ3v) is 4.80. The number of guanidine groups is 1. The smallest absolute Gasteiger partial charge is 0.193 e. The molecule has 126 valence electrons. The molecule has 3 N–H and O–H groups in total. The molecular weight excluding hydrogens is 290 g/mol. The maximum atomic E-state index is 6.06. The van der Waals surface area contributed by atoms with Crippen molar-refractivity contribution in [3.8, 4) is 11.5 Å². The van der Waals surface area contributed by atoms with Crippen molar-refractivity contribution in [3.63, 3.8) is 0 Å². The van der Waals surface area contributed by atoms with E-state index in [0.29, 0.717) is 24.6 Å². The molecule has 0 unspecified atom stereocenters. The van der Waals surface area contributed by atoms with E-state index >= 15 is 0 Å². The molecule has 0 radical (unpaired) electrons. The summed E-state index contributed by atoms with van der Waals surface area (Å²) in [5.41, 5.74) is 7.34. The Bertz CT molecular complexity index is 567. The second-order valence-electron chi connectivity index (χ2n) is 6.64. The maximum Gasteiger partial charge on any atom is 0.193 e. The monoisotopic (exact) mass is 317 g/mol. The zero-order chi connectivity index (χ0) is 16.1. The van der Waals surface area contributed by atoms with E-state index in [2.05, 4.69) is 17.2 Å². The quantitative estimate of drug-likeness (QED) is 0.644. The molecule has 1 aromatic rings. The molecule has 5 nitrogen and oxygen atoms in total. The third kappa shape index (κ3) is 3.89. The first-order chi connectivity index (χ1) is 11.2. The van der Waals surface area contributed by atoms with Crippen LogP contribution in [0, 0.1) is 5.41 Å². The summed E-state index contributed by atoms with van der Waals surface area (Å²) in [5.74, 6) is 2.03.